The Labute approximate surface area is 142 Å². The number of benzene rings is 2. The highest BCUT2D eigenvalue weighted by molar-refractivity contribution is 6.02. The van der Waals surface area contributed by atoms with E-state index in [9.17, 15) is 4.79 Å². The quantitative estimate of drug-likeness (QED) is 0.865. The first-order chi connectivity index (χ1) is 11.6. The predicted molar refractivity (Wildman–Crippen MR) is 95.6 cm³/mol. The molecule has 4 heteroatoms. The van der Waals surface area contributed by atoms with Crippen LogP contribution in [0.15, 0.2) is 42.5 Å². The monoisotopic (exact) mass is 323 g/mol. The molecule has 0 fully saturated rings. The van der Waals surface area contributed by atoms with Crippen LogP contribution in [-0.2, 0) is 4.79 Å². The Bertz CT molecular complexity index is 780. The van der Waals surface area contributed by atoms with Gasteiger partial charge in [-0.15, -0.1) is 0 Å². The topological polar surface area (TPSA) is 47.6 Å². The number of anilines is 1. The normalized spacial score (nSPS) is 13.6. The highest BCUT2D eigenvalue weighted by atomic mass is 16.5. The SMILES string of the molecule is Cc1ccc(/C=C/C(=O)Nc2ccc3c(c2)OCCCO3)c(C)c1. The van der Waals surface area contributed by atoms with Gasteiger partial charge >= 0.3 is 0 Å². The molecule has 0 aromatic heterocycles. The number of nitrogens with one attached hydrogen (secondary N) is 1. The van der Waals surface area contributed by atoms with Crippen molar-refractivity contribution in [3.8, 4) is 11.5 Å². The van der Waals surface area contributed by atoms with Crippen molar-refractivity contribution in [1.29, 1.82) is 0 Å². The molecule has 3 rings (SSSR count). The van der Waals surface area contributed by atoms with Crippen LogP contribution in [0.1, 0.15) is 23.1 Å². The maximum absolute atomic E-state index is 12.1. The smallest absolute Gasteiger partial charge is 0.248 e. The van der Waals surface area contributed by atoms with E-state index in [2.05, 4.69) is 18.3 Å². The molecule has 1 N–H and O–H groups in total. The third kappa shape index (κ3) is 3.96. The van der Waals surface area contributed by atoms with E-state index in [0.717, 1.165) is 23.3 Å². The zero-order chi connectivity index (χ0) is 16.9. The number of amides is 1. The van der Waals surface area contributed by atoms with Gasteiger partial charge in [-0.25, -0.2) is 0 Å². The lowest BCUT2D eigenvalue weighted by molar-refractivity contribution is -0.111. The van der Waals surface area contributed by atoms with Crippen molar-refractivity contribution in [3.05, 3.63) is 59.2 Å². The molecule has 124 valence electrons. The molecule has 0 radical (unpaired) electrons. The standard InChI is InChI=1S/C20H21NO3/c1-14-4-5-16(15(2)12-14)6-9-20(22)21-17-7-8-18-19(13-17)24-11-3-10-23-18/h4-9,12-13H,3,10-11H2,1-2H3,(H,21,22)/b9-6+. The number of hydrogen-bond acceptors (Lipinski definition) is 3. The van der Waals surface area contributed by atoms with E-state index in [1.54, 1.807) is 12.1 Å². The van der Waals surface area contributed by atoms with Gasteiger partial charge in [0.25, 0.3) is 0 Å². The van der Waals surface area contributed by atoms with Gasteiger partial charge in [-0.2, -0.15) is 0 Å². The van der Waals surface area contributed by atoms with Crippen molar-refractivity contribution < 1.29 is 14.3 Å². The first-order valence-corrected chi connectivity index (χ1v) is 8.08. The molecule has 0 saturated carbocycles. The Morgan fingerprint density at radius 2 is 1.83 bits per heavy atom. The second-order valence-electron chi connectivity index (χ2n) is 5.89. The molecule has 2 aromatic rings. The number of fused-ring (bicyclic) bond motifs is 1. The van der Waals surface area contributed by atoms with Gasteiger partial charge in [-0.3, -0.25) is 4.79 Å². The number of carbonyl (C=O) groups excluding carboxylic acids is 1. The average Bonchev–Trinajstić information content (AvgIpc) is 2.79. The van der Waals surface area contributed by atoms with Crippen molar-refractivity contribution in [3.63, 3.8) is 0 Å². The molecule has 1 aliphatic rings. The molecule has 1 aliphatic heterocycles. The summed E-state index contributed by atoms with van der Waals surface area (Å²) in [5, 5.41) is 2.85. The number of rotatable bonds is 3. The molecule has 1 heterocycles. The van der Waals surface area contributed by atoms with E-state index in [-0.39, 0.29) is 5.91 Å². The van der Waals surface area contributed by atoms with Gasteiger partial charge in [-0.05, 0) is 43.2 Å². The van der Waals surface area contributed by atoms with Crippen LogP contribution in [-0.4, -0.2) is 19.1 Å². The fourth-order valence-electron chi connectivity index (χ4n) is 2.60. The van der Waals surface area contributed by atoms with Gasteiger partial charge in [0.1, 0.15) is 0 Å². The lowest BCUT2D eigenvalue weighted by Crippen LogP contribution is -2.08. The summed E-state index contributed by atoms with van der Waals surface area (Å²) in [5.74, 6) is 1.21. The Kier molecular flexibility index (Phi) is 4.85. The van der Waals surface area contributed by atoms with Crippen LogP contribution in [0.5, 0.6) is 11.5 Å². The zero-order valence-corrected chi connectivity index (χ0v) is 14.0. The molecule has 0 spiro atoms. The lowest BCUT2D eigenvalue weighted by atomic mass is 10.1. The van der Waals surface area contributed by atoms with Crippen molar-refractivity contribution in [2.24, 2.45) is 0 Å². The minimum absolute atomic E-state index is 0.176. The van der Waals surface area contributed by atoms with Gasteiger partial charge in [-0.1, -0.05) is 23.8 Å². The summed E-state index contributed by atoms with van der Waals surface area (Å²) in [6.45, 7) is 5.36. The highest BCUT2D eigenvalue weighted by Crippen LogP contribution is 2.32. The van der Waals surface area contributed by atoms with Gasteiger partial charge in [0.15, 0.2) is 11.5 Å². The summed E-state index contributed by atoms with van der Waals surface area (Å²) in [7, 11) is 0. The van der Waals surface area contributed by atoms with Crippen molar-refractivity contribution in [2.75, 3.05) is 18.5 Å². The molecular formula is C20H21NO3. The van der Waals surface area contributed by atoms with Crippen LogP contribution >= 0.6 is 0 Å². The minimum Gasteiger partial charge on any atom is -0.490 e. The Balaban J connectivity index is 1.68. The van der Waals surface area contributed by atoms with E-state index in [4.69, 9.17) is 9.47 Å². The Morgan fingerprint density at radius 1 is 1.04 bits per heavy atom. The van der Waals surface area contributed by atoms with Crippen molar-refractivity contribution in [1.82, 2.24) is 0 Å². The Hall–Kier alpha value is -2.75. The molecule has 0 atom stereocenters. The molecule has 1 amide bonds. The van der Waals surface area contributed by atoms with Gasteiger partial charge < -0.3 is 14.8 Å². The summed E-state index contributed by atoms with van der Waals surface area (Å²) in [4.78, 5) is 12.1. The van der Waals surface area contributed by atoms with E-state index in [1.165, 1.54) is 5.56 Å². The summed E-state index contributed by atoms with van der Waals surface area (Å²) in [5.41, 5.74) is 4.08. The minimum atomic E-state index is -0.176. The first-order valence-electron chi connectivity index (χ1n) is 8.08. The summed E-state index contributed by atoms with van der Waals surface area (Å²) >= 11 is 0. The molecule has 0 bridgehead atoms. The van der Waals surface area contributed by atoms with Crippen LogP contribution in [0.2, 0.25) is 0 Å². The maximum atomic E-state index is 12.1. The van der Waals surface area contributed by atoms with Crippen molar-refractivity contribution in [2.45, 2.75) is 20.3 Å². The second-order valence-corrected chi connectivity index (χ2v) is 5.89. The third-order valence-corrected chi connectivity index (χ3v) is 3.85. The maximum Gasteiger partial charge on any atom is 0.248 e. The zero-order valence-electron chi connectivity index (χ0n) is 14.0. The summed E-state index contributed by atoms with van der Waals surface area (Å²) in [6, 6.07) is 11.6. The predicted octanol–water partition coefficient (Wildman–Crippen LogP) is 4.12. The largest absolute Gasteiger partial charge is 0.490 e. The summed E-state index contributed by atoms with van der Waals surface area (Å²) in [6.07, 6.45) is 4.23. The van der Waals surface area contributed by atoms with Crippen LogP contribution in [0.25, 0.3) is 6.08 Å². The van der Waals surface area contributed by atoms with E-state index in [1.807, 2.05) is 37.3 Å². The van der Waals surface area contributed by atoms with Crippen LogP contribution in [0.4, 0.5) is 5.69 Å². The number of aryl methyl sites for hydroxylation is 2. The molecule has 24 heavy (non-hydrogen) atoms. The fraction of sp³-hybridized carbons (Fsp3) is 0.250. The first kappa shape index (κ1) is 16.1. The molecular weight excluding hydrogens is 302 g/mol. The number of ether oxygens (including phenoxy) is 2. The second kappa shape index (κ2) is 7.21. The van der Waals surface area contributed by atoms with E-state index >= 15 is 0 Å². The van der Waals surface area contributed by atoms with Crippen molar-refractivity contribution >= 4 is 17.7 Å². The molecule has 0 saturated heterocycles. The average molecular weight is 323 g/mol. The van der Waals surface area contributed by atoms with E-state index in [0.29, 0.717) is 24.7 Å². The van der Waals surface area contributed by atoms with Gasteiger partial charge in [0, 0.05) is 24.3 Å². The highest BCUT2D eigenvalue weighted by Gasteiger charge is 2.11. The summed E-state index contributed by atoms with van der Waals surface area (Å²) < 4.78 is 11.2. The number of hydrogen-bond donors (Lipinski definition) is 1. The molecule has 4 nitrogen and oxygen atoms in total. The fourth-order valence-corrected chi connectivity index (χ4v) is 2.60. The lowest BCUT2D eigenvalue weighted by Gasteiger charge is -2.09. The van der Waals surface area contributed by atoms with E-state index < -0.39 is 0 Å². The third-order valence-electron chi connectivity index (χ3n) is 3.85. The van der Waals surface area contributed by atoms with Gasteiger partial charge in [0.05, 0.1) is 13.2 Å². The van der Waals surface area contributed by atoms with Gasteiger partial charge in [0.2, 0.25) is 5.91 Å². The molecule has 0 unspecified atom stereocenters. The van der Waals surface area contributed by atoms with Crippen LogP contribution < -0.4 is 14.8 Å². The molecule has 0 aliphatic carbocycles. The van der Waals surface area contributed by atoms with Crippen LogP contribution in [0, 0.1) is 13.8 Å². The Morgan fingerprint density at radius 3 is 2.62 bits per heavy atom. The molecule has 2 aromatic carbocycles. The number of carbonyl (C=O) groups is 1. The van der Waals surface area contributed by atoms with Crippen LogP contribution in [0.3, 0.4) is 0 Å².